The fourth-order valence-electron chi connectivity index (χ4n) is 0.670. The van der Waals surface area contributed by atoms with Gasteiger partial charge in [0.05, 0.1) is 0 Å². The summed E-state index contributed by atoms with van der Waals surface area (Å²) in [5.41, 5.74) is 1.79. The highest BCUT2D eigenvalue weighted by atomic mass is 19.4. The van der Waals surface area contributed by atoms with Crippen LogP contribution in [0.1, 0.15) is 27.7 Å². The number of carbonyl (C=O) groups is 1. The first-order valence-corrected chi connectivity index (χ1v) is 4.68. The molecule has 0 radical (unpaired) electrons. The number of hydrogen-bond acceptors (Lipinski definition) is 3. The molecule has 0 spiro atoms. The molecule has 0 unspecified atom stereocenters. The molecule has 96 valence electrons. The Morgan fingerprint density at radius 3 is 2.00 bits per heavy atom. The monoisotopic (exact) mass is 242 g/mol. The van der Waals surface area contributed by atoms with Crippen LogP contribution in [-0.2, 0) is 4.74 Å². The average molecular weight is 242 g/mol. The van der Waals surface area contributed by atoms with E-state index in [1.165, 1.54) is 0 Å². The molecule has 3 N–H and O–H groups in total. The van der Waals surface area contributed by atoms with Gasteiger partial charge in [0, 0.05) is 6.54 Å². The van der Waals surface area contributed by atoms with Crippen LogP contribution >= 0.6 is 0 Å². The summed E-state index contributed by atoms with van der Waals surface area (Å²) in [6.07, 6.45) is -5.50. The molecular weight excluding hydrogens is 225 g/mol. The first-order valence-electron chi connectivity index (χ1n) is 4.68. The number of amides is 1. The van der Waals surface area contributed by atoms with Crippen LogP contribution in [0.15, 0.2) is 0 Å². The zero-order chi connectivity index (χ0) is 13.2. The lowest BCUT2D eigenvalue weighted by atomic mass is 10.0. The van der Waals surface area contributed by atoms with Gasteiger partial charge >= 0.3 is 12.3 Å². The second-order valence-electron chi connectivity index (χ2n) is 4.77. The number of nitrogens with two attached hydrogens (primary N) is 1. The molecule has 0 bridgehead atoms. The van der Waals surface area contributed by atoms with E-state index in [0.717, 1.165) is 6.92 Å². The van der Waals surface area contributed by atoms with Gasteiger partial charge < -0.3 is 15.8 Å². The molecular formula is C9H17F3N2O2. The topological polar surface area (TPSA) is 64.3 Å². The van der Waals surface area contributed by atoms with Crippen molar-refractivity contribution in [3.63, 3.8) is 0 Å². The van der Waals surface area contributed by atoms with Gasteiger partial charge in [0.15, 0.2) is 0 Å². The Balaban J connectivity index is 4.22. The van der Waals surface area contributed by atoms with Crippen molar-refractivity contribution in [2.24, 2.45) is 5.73 Å². The van der Waals surface area contributed by atoms with E-state index in [2.05, 4.69) is 0 Å². The minimum atomic E-state index is -4.58. The summed E-state index contributed by atoms with van der Waals surface area (Å²) in [7, 11) is 0. The Morgan fingerprint density at radius 1 is 1.25 bits per heavy atom. The second kappa shape index (κ2) is 4.48. The Hall–Kier alpha value is -0.980. The molecule has 0 aliphatic carbocycles. The summed E-state index contributed by atoms with van der Waals surface area (Å²) in [6, 6.07) is 0. The van der Waals surface area contributed by atoms with Crippen molar-refractivity contribution < 1.29 is 22.7 Å². The molecule has 4 nitrogen and oxygen atoms in total. The lowest BCUT2D eigenvalue weighted by Gasteiger charge is -2.28. The maximum atomic E-state index is 12.3. The van der Waals surface area contributed by atoms with Crippen molar-refractivity contribution in [3.05, 3.63) is 0 Å². The highest BCUT2D eigenvalue weighted by Crippen LogP contribution is 2.27. The van der Waals surface area contributed by atoms with E-state index < -0.39 is 30.0 Å². The van der Waals surface area contributed by atoms with Crippen LogP contribution in [0.2, 0.25) is 0 Å². The predicted octanol–water partition coefficient (Wildman–Crippen LogP) is 1.79. The Kier molecular flexibility index (Phi) is 4.21. The van der Waals surface area contributed by atoms with E-state index in [9.17, 15) is 18.0 Å². The molecule has 0 aliphatic heterocycles. The van der Waals surface area contributed by atoms with Crippen LogP contribution in [0.5, 0.6) is 0 Å². The fourth-order valence-corrected chi connectivity index (χ4v) is 0.670. The molecule has 7 heteroatoms. The predicted molar refractivity (Wildman–Crippen MR) is 52.9 cm³/mol. The standard InChI is InChI=1S/C9H17F3N2O2/c1-7(2,3)16-6(15)14-5-8(4,13)9(10,11)12/h5,13H2,1-4H3,(H,14,15)/t8-/m0/s1. The Labute approximate surface area is 92.3 Å². The molecule has 16 heavy (non-hydrogen) atoms. The van der Waals surface area contributed by atoms with Crippen LogP contribution < -0.4 is 11.1 Å². The van der Waals surface area contributed by atoms with Crippen molar-refractivity contribution in [1.29, 1.82) is 0 Å². The van der Waals surface area contributed by atoms with Crippen molar-refractivity contribution in [2.75, 3.05) is 6.54 Å². The molecule has 0 saturated carbocycles. The van der Waals surface area contributed by atoms with Crippen molar-refractivity contribution in [3.8, 4) is 0 Å². The molecule has 0 aliphatic rings. The number of alkyl carbamates (subject to hydrolysis) is 1. The SMILES string of the molecule is CC(C)(C)OC(=O)NC[C@](C)(N)C(F)(F)F. The van der Waals surface area contributed by atoms with Crippen LogP contribution in [-0.4, -0.2) is 30.0 Å². The van der Waals surface area contributed by atoms with Gasteiger partial charge in [-0.05, 0) is 27.7 Å². The molecule has 0 aromatic carbocycles. The lowest BCUT2D eigenvalue weighted by molar-refractivity contribution is -0.178. The van der Waals surface area contributed by atoms with Crippen molar-refractivity contribution in [1.82, 2.24) is 5.32 Å². The number of ether oxygens (including phenoxy) is 1. The van der Waals surface area contributed by atoms with Gasteiger partial charge in [-0.2, -0.15) is 13.2 Å². The summed E-state index contributed by atoms with van der Waals surface area (Å²) < 4.78 is 41.7. The van der Waals surface area contributed by atoms with E-state index in [-0.39, 0.29) is 0 Å². The number of halogens is 3. The number of hydrogen-bond donors (Lipinski definition) is 2. The third-order valence-corrected chi connectivity index (χ3v) is 1.65. The number of rotatable bonds is 2. The lowest BCUT2D eigenvalue weighted by Crippen LogP contribution is -2.58. The van der Waals surface area contributed by atoms with Gasteiger partial charge in [0.25, 0.3) is 0 Å². The van der Waals surface area contributed by atoms with Crippen LogP contribution in [0.3, 0.4) is 0 Å². The first kappa shape index (κ1) is 15.0. The maximum Gasteiger partial charge on any atom is 0.407 e. The Bertz CT molecular complexity index is 256. The third-order valence-electron chi connectivity index (χ3n) is 1.65. The molecule has 0 heterocycles. The van der Waals surface area contributed by atoms with Gasteiger partial charge in [-0.25, -0.2) is 4.79 Å². The smallest absolute Gasteiger partial charge is 0.407 e. The minimum Gasteiger partial charge on any atom is -0.444 e. The van der Waals surface area contributed by atoms with Crippen molar-refractivity contribution >= 4 is 6.09 Å². The second-order valence-corrected chi connectivity index (χ2v) is 4.77. The van der Waals surface area contributed by atoms with Gasteiger partial charge in [0.2, 0.25) is 0 Å². The molecule has 0 rings (SSSR count). The summed E-state index contributed by atoms with van der Waals surface area (Å²) >= 11 is 0. The summed E-state index contributed by atoms with van der Waals surface area (Å²) in [5.74, 6) is 0. The summed E-state index contributed by atoms with van der Waals surface area (Å²) in [6.45, 7) is 4.89. The average Bonchev–Trinajstić information content (AvgIpc) is 1.95. The molecule has 0 fully saturated rings. The molecule has 1 atom stereocenters. The van der Waals surface area contributed by atoms with E-state index in [0.29, 0.717) is 0 Å². The Morgan fingerprint density at radius 2 is 1.69 bits per heavy atom. The largest absolute Gasteiger partial charge is 0.444 e. The van der Waals surface area contributed by atoms with E-state index in [4.69, 9.17) is 10.5 Å². The minimum absolute atomic E-state index is 0.731. The van der Waals surface area contributed by atoms with Gasteiger partial charge in [-0.1, -0.05) is 0 Å². The fraction of sp³-hybridized carbons (Fsp3) is 0.889. The highest BCUT2D eigenvalue weighted by molar-refractivity contribution is 5.67. The number of carbonyl (C=O) groups excluding carboxylic acids is 1. The summed E-state index contributed by atoms with van der Waals surface area (Å²) in [4.78, 5) is 11.1. The van der Waals surface area contributed by atoms with Crippen LogP contribution in [0.25, 0.3) is 0 Å². The summed E-state index contributed by atoms with van der Waals surface area (Å²) in [5, 5.41) is 1.98. The zero-order valence-electron chi connectivity index (χ0n) is 9.73. The molecule has 0 aromatic heterocycles. The normalized spacial score (nSPS) is 16.5. The van der Waals surface area contributed by atoms with Crippen LogP contribution in [0, 0.1) is 0 Å². The number of alkyl halides is 3. The van der Waals surface area contributed by atoms with Gasteiger partial charge in [0.1, 0.15) is 11.1 Å². The quantitative estimate of drug-likeness (QED) is 0.776. The van der Waals surface area contributed by atoms with E-state index >= 15 is 0 Å². The van der Waals surface area contributed by atoms with Crippen LogP contribution in [0.4, 0.5) is 18.0 Å². The van der Waals surface area contributed by atoms with Crippen molar-refractivity contribution in [2.45, 2.75) is 45.0 Å². The first-order chi connectivity index (χ1) is 6.85. The number of nitrogens with one attached hydrogen (secondary N) is 1. The van der Waals surface area contributed by atoms with Gasteiger partial charge in [-0.15, -0.1) is 0 Å². The highest BCUT2D eigenvalue weighted by Gasteiger charge is 2.48. The molecule has 0 saturated heterocycles. The van der Waals surface area contributed by atoms with E-state index in [1.807, 2.05) is 5.32 Å². The third kappa shape index (κ3) is 5.20. The molecule has 0 aromatic rings. The zero-order valence-corrected chi connectivity index (χ0v) is 9.73. The van der Waals surface area contributed by atoms with Gasteiger partial charge in [-0.3, -0.25) is 0 Å². The molecule has 1 amide bonds. The maximum absolute atomic E-state index is 12.3. The van der Waals surface area contributed by atoms with E-state index in [1.54, 1.807) is 20.8 Å².